The zero-order valence-electron chi connectivity index (χ0n) is 9.67. The third-order valence-corrected chi connectivity index (χ3v) is 3.39. The van der Waals surface area contributed by atoms with E-state index in [1.807, 2.05) is 6.92 Å². The Morgan fingerprint density at radius 1 is 1.53 bits per heavy atom. The molecule has 1 heterocycles. The molecule has 4 heteroatoms. The van der Waals surface area contributed by atoms with Crippen molar-refractivity contribution in [1.29, 1.82) is 0 Å². The number of likely N-dealkylation sites (N-methyl/N-ethyl adjacent to an activating group) is 1. The van der Waals surface area contributed by atoms with Crippen LogP contribution in [0.3, 0.4) is 0 Å². The van der Waals surface area contributed by atoms with Crippen molar-refractivity contribution in [3.05, 3.63) is 45.9 Å². The Morgan fingerprint density at radius 2 is 2.35 bits per heavy atom. The Morgan fingerprint density at radius 3 is 2.94 bits per heavy atom. The lowest BCUT2D eigenvalue weighted by atomic mass is 10.0. The van der Waals surface area contributed by atoms with E-state index in [9.17, 15) is 4.39 Å². The van der Waals surface area contributed by atoms with Gasteiger partial charge in [0.05, 0.1) is 12.6 Å². The Hall–Kier alpha value is -0.870. The van der Waals surface area contributed by atoms with Crippen LogP contribution in [0, 0.1) is 5.82 Å². The second-order valence-electron chi connectivity index (χ2n) is 3.90. The third kappa shape index (κ3) is 2.87. The van der Waals surface area contributed by atoms with Gasteiger partial charge in [-0.3, -0.25) is 0 Å². The Bertz CT molecular complexity index is 433. The van der Waals surface area contributed by atoms with Crippen LogP contribution in [0.4, 0.5) is 4.39 Å². The molecule has 0 saturated carbocycles. The first kappa shape index (κ1) is 12.6. The van der Waals surface area contributed by atoms with Gasteiger partial charge in [-0.25, -0.2) is 4.39 Å². The summed E-state index contributed by atoms with van der Waals surface area (Å²) in [7, 11) is 0. The van der Waals surface area contributed by atoms with Crippen LogP contribution in [0.1, 0.15) is 24.9 Å². The highest BCUT2D eigenvalue weighted by Crippen LogP contribution is 2.31. The maximum absolute atomic E-state index is 13.1. The summed E-state index contributed by atoms with van der Waals surface area (Å²) in [5.74, 6) is 0.691. The number of hydrogen-bond acceptors (Lipinski definition) is 2. The van der Waals surface area contributed by atoms with Gasteiger partial charge in [-0.05, 0) is 30.3 Å². The van der Waals surface area contributed by atoms with Gasteiger partial charge < -0.3 is 10.1 Å². The second kappa shape index (κ2) is 5.65. The molecule has 1 N–H and O–H groups in total. The summed E-state index contributed by atoms with van der Waals surface area (Å²) in [5, 5.41) is 3.36. The van der Waals surface area contributed by atoms with Gasteiger partial charge in [-0.1, -0.05) is 28.9 Å². The Balaban J connectivity index is 2.31. The summed E-state index contributed by atoms with van der Waals surface area (Å²) in [5.41, 5.74) is 1.00. The molecule has 17 heavy (non-hydrogen) atoms. The van der Waals surface area contributed by atoms with E-state index in [1.54, 1.807) is 6.07 Å². The van der Waals surface area contributed by atoms with Crippen molar-refractivity contribution in [2.45, 2.75) is 19.4 Å². The van der Waals surface area contributed by atoms with Crippen LogP contribution in [0.15, 0.2) is 34.5 Å². The predicted molar refractivity (Wildman–Crippen MR) is 69.2 cm³/mol. The summed E-state index contributed by atoms with van der Waals surface area (Å²) in [6.45, 7) is 3.60. The molecule has 92 valence electrons. The molecule has 0 aromatic heterocycles. The molecule has 0 radical (unpaired) electrons. The molecule has 0 fully saturated rings. The lowest BCUT2D eigenvalue weighted by molar-refractivity contribution is 0.216. The van der Waals surface area contributed by atoms with Crippen molar-refractivity contribution in [3.8, 4) is 0 Å². The van der Waals surface area contributed by atoms with Crippen LogP contribution in [-0.2, 0) is 4.74 Å². The van der Waals surface area contributed by atoms with Crippen molar-refractivity contribution in [2.24, 2.45) is 0 Å². The van der Waals surface area contributed by atoms with Crippen LogP contribution in [0.25, 0.3) is 0 Å². The number of hydrogen-bond donors (Lipinski definition) is 1. The number of halogens is 2. The van der Waals surface area contributed by atoms with E-state index in [-0.39, 0.29) is 11.9 Å². The standard InChI is InChI=1S/C13H15BrFNO/c1-2-16-13(12-4-3-7-17-12)10-6-5-9(15)8-11(10)14/h4-6,8,13,16H,2-3,7H2,1H3. The highest BCUT2D eigenvalue weighted by atomic mass is 79.9. The topological polar surface area (TPSA) is 21.3 Å². The van der Waals surface area contributed by atoms with E-state index >= 15 is 0 Å². The number of benzene rings is 1. The second-order valence-corrected chi connectivity index (χ2v) is 4.75. The molecule has 0 spiro atoms. The summed E-state index contributed by atoms with van der Waals surface area (Å²) in [6.07, 6.45) is 3.03. The maximum atomic E-state index is 13.1. The molecule has 0 bridgehead atoms. The first-order chi connectivity index (χ1) is 8.22. The minimum Gasteiger partial charge on any atom is -0.496 e. The van der Waals surface area contributed by atoms with Gasteiger partial charge in [0.25, 0.3) is 0 Å². The van der Waals surface area contributed by atoms with Gasteiger partial charge in [-0.2, -0.15) is 0 Å². The van der Waals surface area contributed by atoms with Crippen LogP contribution >= 0.6 is 15.9 Å². The largest absolute Gasteiger partial charge is 0.496 e. The van der Waals surface area contributed by atoms with Crippen LogP contribution in [-0.4, -0.2) is 13.2 Å². The summed E-state index contributed by atoms with van der Waals surface area (Å²) >= 11 is 3.40. The molecule has 1 aliphatic rings. The predicted octanol–water partition coefficient (Wildman–Crippen LogP) is 3.54. The van der Waals surface area contributed by atoms with Crippen molar-refractivity contribution in [3.63, 3.8) is 0 Å². The molecule has 2 nitrogen and oxygen atoms in total. The van der Waals surface area contributed by atoms with E-state index in [2.05, 4.69) is 27.3 Å². The molecule has 1 aromatic carbocycles. The average Bonchev–Trinajstić information content (AvgIpc) is 2.80. The van der Waals surface area contributed by atoms with Crippen LogP contribution in [0.5, 0.6) is 0 Å². The molecule has 1 aliphatic heterocycles. The molecule has 1 aromatic rings. The summed E-state index contributed by atoms with van der Waals surface area (Å²) in [4.78, 5) is 0. The van der Waals surface area contributed by atoms with E-state index in [4.69, 9.17) is 4.74 Å². The van der Waals surface area contributed by atoms with Crippen molar-refractivity contribution in [1.82, 2.24) is 5.32 Å². The van der Waals surface area contributed by atoms with Gasteiger partial charge in [0, 0.05) is 10.9 Å². The zero-order chi connectivity index (χ0) is 12.3. The highest BCUT2D eigenvalue weighted by Gasteiger charge is 2.22. The minimum atomic E-state index is -0.239. The quantitative estimate of drug-likeness (QED) is 0.918. The van der Waals surface area contributed by atoms with Crippen LogP contribution in [0.2, 0.25) is 0 Å². The molecule has 1 atom stereocenters. The van der Waals surface area contributed by atoms with Crippen molar-refractivity contribution in [2.75, 3.05) is 13.2 Å². The van der Waals surface area contributed by atoms with Gasteiger partial charge in [0.2, 0.25) is 0 Å². The van der Waals surface area contributed by atoms with Gasteiger partial charge >= 0.3 is 0 Å². The minimum absolute atomic E-state index is 0.00234. The smallest absolute Gasteiger partial charge is 0.124 e. The fraction of sp³-hybridized carbons (Fsp3) is 0.385. The highest BCUT2D eigenvalue weighted by molar-refractivity contribution is 9.10. The van der Waals surface area contributed by atoms with Crippen molar-refractivity contribution >= 4 is 15.9 Å². The molecular weight excluding hydrogens is 285 g/mol. The number of nitrogens with one attached hydrogen (secondary N) is 1. The molecule has 0 aliphatic carbocycles. The van der Waals surface area contributed by atoms with E-state index in [0.717, 1.165) is 35.4 Å². The third-order valence-electron chi connectivity index (χ3n) is 2.70. The monoisotopic (exact) mass is 299 g/mol. The first-order valence-corrected chi connectivity index (χ1v) is 6.53. The lowest BCUT2D eigenvalue weighted by Gasteiger charge is -2.20. The Labute approximate surface area is 109 Å². The van der Waals surface area contributed by atoms with Gasteiger partial charge in [0.15, 0.2) is 0 Å². The lowest BCUT2D eigenvalue weighted by Crippen LogP contribution is -2.23. The fourth-order valence-corrected chi connectivity index (χ4v) is 2.52. The maximum Gasteiger partial charge on any atom is 0.124 e. The van der Waals surface area contributed by atoms with E-state index in [1.165, 1.54) is 12.1 Å². The van der Waals surface area contributed by atoms with Gasteiger partial charge in [-0.15, -0.1) is 0 Å². The first-order valence-electron chi connectivity index (χ1n) is 5.73. The number of rotatable bonds is 4. The summed E-state index contributed by atoms with van der Waals surface area (Å²) < 4.78 is 19.4. The van der Waals surface area contributed by atoms with Crippen LogP contribution < -0.4 is 5.32 Å². The summed E-state index contributed by atoms with van der Waals surface area (Å²) in [6, 6.07) is 4.74. The fourth-order valence-electron chi connectivity index (χ4n) is 1.94. The average molecular weight is 300 g/mol. The molecule has 0 saturated heterocycles. The van der Waals surface area contributed by atoms with Gasteiger partial charge in [0.1, 0.15) is 11.6 Å². The molecule has 0 amide bonds. The number of ether oxygens (including phenoxy) is 1. The molecule has 1 unspecified atom stereocenters. The molecular formula is C13H15BrFNO. The Kier molecular flexibility index (Phi) is 4.18. The van der Waals surface area contributed by atoms with Crippen molar-refractivity contribution < 1.29 is 9.13 Å². The SMILES string of the molecule is CCNC(C1=CCCO1)c1ccc(F)cc1Br. The van der Waals surface area contributed by atoms with E-state index in [0.29, 0.717) is 0 Å². The normalized spacial score (nSPS) is 16.5. The molecule has 2 rings (SSSR count). The zero-order valence-corrected chi connectivity index (χ0v) is 11.3. The van der Waals surface area contributed by atoms with E-state index < -0.39 is 0 Å².